The van der Waals surface area contributed by atoms with Crippen LogP contribution < -0.4 is 15.0 Å². The number of amides is 1. The van der Waals surface area contributed by atoms with Crippen molar-refractivity contribution in [3.8, 4) is 5.75 Å². The number of benzene rings is 3. The number of carbonyl (C=O) groups excluding carboxylic acids is 2. The van der Waals surface area contributed by atoms with Crippen LogP contribution in [0.1, 0.15) is 50.2 Å². The van der Waals surface area contributed by atoms with Crippen LogP contribution >= 0.6 is 22.7 Å². The number of carbonyl (C=O) groups is 2. The van der Waals surface area contributed by atoms with Gasteiger partial charge in [0.05, 0.1) is 16.8 Å². The van der Waals surface area contributed by atoms with Crippen molar-refractivity contribution in [2.45, 2.75) is 32.7 Å². The van der Waals surface area contributed by atoms with E-state index in [9.17, 15) is 9.59 Å². The summed E-state index contributed by atoms with van der Waals surface area (Å²) in [5, 5.41) is 4.40. The summed E-state index contributed by atoms with van der Waals surface area (Å²) < 4.78 is 6.87. The van der Waals surface area contributed by atoms with Gasteiger partial charge in [0.25, 0.3) is 5.91 Å². The summed E-state index contributed by atoms with van der Waals surface area (Å²) in [4.78, 5) is 38.3. The van der Waals surface area contributed by atoms with Crippen LogP contribution in [0.5, 0.6) is 5.75 Å². The highest BCUT2D eigenvalue weighted by atomic mass is 32.1. The average molecular weight is 569 g/mol. The first kappa shape index (κ1) is 26.2. The van der Waals surface area contributed by atoms with Gasteiger partial charge in [-0.05, 0) is 60.7 Å². The molecule has 9 heteroatoms. The van der Waals surface area contributed by atoms with E-state index in [0.717, 1.165) is 62.9 Å². The third kappa shape index (κ3) is 5.61. The van der Waals surface area contributed by atoms with Gasteiger partial charge in [0.2, 0.25) is 0 Å². The van der Waals surface area contributed by atoms with Gasteiger partial charge < -0.3 is 9.64 Å². The summed E-state index contributed by atoms with van der Waals surface area (Å²) in [6.07, 6.45) is 2.31. The lowest BCUT2D eigenvalue weighted by Crippen LogP contribution is -2.32. The van der Waals surface area contributed by atoms with Crippen LogP contribution in [0.3, 0.4) is 0 Å². The molecule has 0 spiro atoms. The van der Waals surface area contributed by atoms with Crippen molar-refractivity contribution in [3.63, 3.8) is 0 Å². The zero-order valence-electron chi connectivity index (χ0n) is 22.1. The second-order valence-corrected chi connectivity index (χ2v) is 11.7. The van der Waals surface area contributed by atoms with E-state index in [1.165, 1.54) is 11.3 Å². The molecule has 0 saturated heterocycles. The highest BCUT2D eigenvalue weighted by Gasteiger charge is 2.26. The fourth-order valence-corrected chi connectivity index (χ4v) is 6.94. The van der Waals surface area contributed by atoms with Crippen molar-refractivity contribution in [2.24, 2.45) is 0 Å². The molecule has 0 unspecified atom stereocenters. The minimum Gasteiger partial charge on any atom is -0.494 e. The van der Waals surface area contributed by atoms with E-state index in [1.54, 1.807) is 18.3 Å². The van der Waals surface area contributed by atoms with Crippen LogP contribution in [-0.4, -0.2) is 34.8 Å². The summed E-state index contributed by atoms with van der Waals surface area (Å²) in [7, 11) is 0. The highest BCUT2D eigenvalue weighted by Crippen LogP contribution is 2.33. The van der Waals surface area contributed by atoms with Crippen molar-refractivity contribution >= 4 is 54.8 Å². The van der Waals surface area contributed by atoms with Gasteiger partial charge in [0.1, 0.15) is 11.4 Å². The van der Waals surface area contributed by atoms with Crippen LogP contribution in [0.25, 0.3) is 10.2 Å². The molecule has 7 nitrogen and oxygen atoms in total. The van der Waals surface area contributed by atoms with E-state index in [-0.39, 0.29) is 11.7 Å². The number of nitrogens with one attached hydrogen (secondary N) is 1. The Morgan fingerprint density at radius 1 is 0.975 bits per heavy atom. The minimum absolute atomic E-state index is 0.0326. The van der Waals surface area contributed by atoms with Gasteiger partial charge in [0.15, 0.2) is 16.0 Å². The summed E-state index contributed by atoms with van der Waals surface area (Å²) in [6, 6.07) is 23.5. The molecule has 1 N–H and O–H groups in total. The predicted octanol–water partition coefficient (Wildman–Crippen LogP) is 6.78. The topological polar surface area (TPSA) is 84.4 Å². The Hall–Kier alpha value is -4.08. The number of fused-ring (bicyclic) bond motifs is 2. The van der Waals surface area contributed by atoms with Gasteiger partial charge in [-0.2, -0.15) is 0 Å². The largest absolute Gasteiger partial charge is 0.494 e. The number of hydrogen-bond donors (Lipinski definition) is 1. The molecule has 0 aliphatic carbocycles. The first-order valence-corrected chi connectivity index (χ1v) is 14.9. The second kappa shape index (κ2) is 11.6. The first-order valence-electron chi connectivity index (χ1n) is 13.3. The van der Waals surface area contributed by atoms with E-state index in [0.29, 0.717) is 29.5 Å². The lowest BCUT2D eigenvalue weighted by Gasteiger charge is -2.29. The van der Waals surface area contributed by atoms with Crippen molar-refractivity contribution in [3.05, 3.63) is 100 Å². The quantitative estimate of drug-likeness (QED) is 0.156. The van der Waals surface area contributed by atoms with Gasteiger partial charge in [-0.15, -0.1) is 11.3 Å². The zero-order chi connectivity index (χ0) is 27.5. The molecular formula is C31H28N4O3S2. The molecular weight excluding hydrogens is 541 g/mol. The summed E-state index contributed by atoms with van der Waals surface area (Å²) >= 11 is 3.03. The summed E-state index contributed by atoms with van der Waals surface area (Å²) in [5.74, 6) is 0.643. The third-order valence-electron chi connectivity index (χ3n) is 6.88. The molecule has 3 aromatic carbocycles. The molecule has 1 amide bonds. The normalized spacial score (nSPS) is 12.8. The van der Waals surface area contributed by atoms with Crippen LogP contribution in [0.4, 0.5) is 10.3 Å². The maximum absolute atomic E-state index is 13.4. The number of rotatable bonds is 9. The second-order valence-electron chi connectivity index (χ2n) is 9.65. The Morgan fingerprint density at radius 3 is 2.62 bits per heavy atom. The maximum Gasteiger partial charge on any atom is 0.257 e. The Labute approximate surface area is 240 Å². The SMILES string of the molecule is CC(=O)c1nc(N2CCc3cccc(C(=O)Nc4nc5ccccc5s4)c3C2)sc1CCCOc1ccccc1. The molecule has 2 aromatic heterocycles. The molecule has 0 atom stereocenters. The van der Waals surface area contributed by atoms with E-state index in [4.69, 9.17) is 9.72 Å². The Balaban J connectivity index is 1.17. The molecule has 5 aromatic rings. The van der Waals surface area contributed by atoms with E-state index in [1.807, 2.05) is 66.7 Å². The smallest absolute Gasteiger partial charge is 0.257 e. The standard InChI is InChI=1S/C31H28N4O3S2/c1-20(36)28-27(15-8-18-38-22-10-3-2-4-11-22)40-31(33-28)35-17-16-21-9-7-12-23(24(21)19-35)29(37)34-30-32-25-13-5-6-14-26(25)39-30/h2-7,9-14H,8,15-19H2,1H3,(H,32,34,37). The zero-order valence-corrected chi connectivity index (χ0v) is 23.7. The Kier molecular flexibility index (Phi) is 7.57. The maximum atomic E-state index is 13.4. The van der Waals surface area contributed by atoms with Crippen molar-refractivity contribution < 1.29 is 14.3 Å². The fraction of sp³-hybridized carbons (Fsp3) is 0.226. The molecule has 0 bridgehead atoms. The van der Waals surface area contributed by atoms with Gasteiger partial charge in [-0.3, -0.25) is 14.9 Å². The number of para-hydroxylation sites is 2. The molecule has 40 heavy (non-hydrogen) atoms. The van der Waals surface area contributed by atoms with Crippen molar-refractivity contribution in [1.29, 1.82) is 0 Å². The Morgan fingerprint density at radius 2 is 1.80 bits per heavy atom. The fourth-order valence-electron chi connectivity index (χ4n) is 4.91. The molecule has 0 radical (unpaired) electrons. The van der Waals surface area contributed by atoms with Crippen LogP contribution in [-0.2, 0) is 19.4 Å². The number of anilines is 2. The molecule has 1 aliphatic rings. The van der Waals surface area contributed by atoms with Gasteiger partial charge in [-0.1, -0.05) is 53.8 Å². The first-order chi connectivity index (χ1) is 19.5. The molecule has 202 valence electrons. The lowest BCUT2D eigenvalue weighted by molar-refractivity contribution is 0.100. The number of ether oxygens (including phenoxy) is 1. The molecule has 1 aliphatic heterocycles. The minimum atomic E-state index is -0.166. The number of Topliss-reactive ketones (excluding diaryl/α,β-unsaturated/α-hetero) is 1. The van der Waals surface area contributed by atoms with Gasteiger partial charge in [0, 0.05) is 30.5 Å². The highest BCUT2D eigenvalue weighted by molar-refractivity contribution is 7.22. The summed E-state index contributed by atoms with van der Waals surface area (Å²) in [6.45, 7) is 3.47. The van der Waals surface area contributed by atoms with Gasteiger partial charge >= 0.3 is 0 Å². The van der Waals surface area contributed by atoms with Crippen LogP contribution in [0.15, 0.2) is 72.8 Å². The monoisotopic (exact) mass is 568 g/mol. The third-order valence-corrected chi connectivity index (χ3v) is 9.01. The lowest BCUT2D eigenvalue weighted by atomic mass is 9.94. The average Bonchev–Trinajstić information content (AvgIpc) is 3.59. The van der Waals surface area contributed by atoms with Gasteiger partial charge in [-0.25, -0.2) is 9.97 Å². The molecule has 0 fully saturated rings. The number of hydrogen-bond acceptors (Lipinski definition) is 8. The predicted molar refractivity (Wildman–Crippen MR) is 161 cm³/mol. The van der Waals surface area contributed by atoms with E-state index >= 15 is 0 Å². The number of aromatic nitrogens is 2. The number of ketones is 1. The molecule has 3 heterocycles. The van der Waals surface area contributed by atoms with Crippen molar-refractivity contribution in [2.75, 3.05) is 23.4 Å². The van der Waals surface area contributed by atoms with Crippen LogP contribution in [0.2, 0.25) is 0 Å². The van der Waals surface area contributed by atoms with Crippen LogP contribution in [0, 0.1) is 0 Å². The summed E-state index contributed by atoms with van der Waals surface area (Å²) in [5.41, 5.74) is 4.20. The number of thiazole rings is 2. The number of nitrogens with zero attached hydrogens (tertiary/aromatic N) is 3. The van der Waals surface area contributed by atoms with E-state index in [2.05, 4.69) is 21.3 Å². The van der Waals surface area contributed by atoms with E-state index < -0.39 is 0 Å². The number of aryl methyl sites for hydroxylation is 1. The van der Waals surface area contributed by atoms with Crippen molar-refractivity contribution in [1.82, 2.24) is 9.97 Å². The Bertz CT molecular complexity index is 1650. The molecule has 0 saturated carbocycles. The molecule has 6 rings (SSSR count).